The third-order valence-electron chi connectivity index (χ3n) is 0.850. The number of hydrogen-bond acceptors (Lipinski definition) is 1. The average Bonchev–Trinajstić information content (AvgIpc) is 1.67. The molecule has 0 fully saturated rings. The second kappa shape index (κ2) is 4.36. The van der Waals surface area contributed by atoms with Crippen molar-refractivity contribution < 1.29 is 4.43 Å². The summed E-state index contributed by atoms with van der Waals surface area (Å²) in [5.41, 5.74) is 0.552. The van der Waals surface area contributed by atoms with Gasteiger partial charge in [0.15, 0.2) is 0 Å². The molecule has 0 aliphatic rings. The minimum atomic E-state index is -1.30. The molecule has 0 aliphatic carbocycles. The van der Waals surface area contributed by atoms with Crippen molar-refractivity contribution in [2.45, 2.75) is 26.3 Å². The van der Waals surface area contributed by atoms with E-state index in [0.29, 0.717) is 5.54 Å². The van der Waals surface area contributed by atoms with Crippen LogP contribution in [-0.4, -0.2) is 15.0 Å². The minimum Gasteiger partial charge on any atom is -0.405 e. The predicted octanol–water partition coefficient (Wildman–Crippen LogP) is 1.89. The van der Waals surface area contributed by atoms with E-state index in [4.69, 9.17) is 15.5 Å². The van der Waals surface area contributed by atoms with Crippen molar-refractivity contribution in [1.82, 2.24) is 0 Å². The highest BCUT2D eigenvalue weighted by Gasteiger charge is 2.10. The Morgan fingerprint density at radius 3 is 2.25 bits per heavy atom. The predicted molar refractivity (Wildman–Crippen MR) is 39.7 cm³/mol. The Hall–Kier alpha value is 0.467. The molecule has 1 unspecified atom stereocenters. The van der Waals surface area contributed by atoms with Crippen molar-refractivity contribution in [3.8, 4) is 0 Å². The van der Waals surface area contributed by atoms with E-state index < -0.39 is 8.35 Å². The molecule has 0 aromatic carbocycles. The van der Waals surface area contributed by atoms with Crippen molar-refractivity contribution in [2.75, 3.05) is 6.61 Å². The van der Waals surface area contributed by atoms with Gasteiger partial charge in [-0.05, 0) is 12.5 Å². The first-order valence-corrected chi connectivity index (χ1v) is 5.82. The molecule has 0 aliphatic heterocycles. The highest BCUT2D eigenvalue weighted by Crippen LogP contribution is 2.11. The van der Waals surface area contributed by atoms with Gasteiger partial charge in [-0.2, -0.15) is 0 Å². The molecule has 50 valence electrons. The van der Waals surface area contributed by atoms with E-state index in [2.05, 4.69) is 13.8 Å². The van der Waals surface area contributed by atoms with E-state index in [1.807, 2.05) is 6.92 Å². The zero-order chi connectivity index (χ0) is 6.57. The topological polar surface area (TPSA) is 9.23 Å². The smallest absolute Gasteiger partial charge is 0.276 e. The summed E-state index contributed by atoms with van der Waals surface area (Å²) in [4.78, 5) is 0. The summed E-state index contributed by atoms with van der Waals surface area (Å²) >= 11 is 5.83. The number of halogens is 1. The van der Waals surface area contributed by atoms with Gasteiger partial charge in [-0.1, -0.05) is 13.8 Å². The molecule has 1 nitrogen and oxygen atoms in total. The Labute approximate surface area is 57.4 Å². The zero-order valence-electron chi connectivity index (χ0n) is 5.65. The summed E-state index contributed by atoms with van der Waals surface area (Å²) in [6.07, 6.45) is 0. The molecule has 1 atom stereocenters. The van der Waals surface area contributed by atoms with Crippen LogP contribution in [0.2, 0.25) is 5.54 Å². The van der Waals surface area contributed by atoms with Crippen LogP contribution in [0.4, 0.5) is 0 Å². The molecule has 0 bridgehead atoms. The molecule has 8 heavy (non-hydrogen) atoms. The monoisotopic (exact) mass is 152 g/mol. The quantitative estimate of drug-likeness (QED) is 0.444. The second-order valence-electron chi connectivity index (χ2n) is 2.05. The van der Waals surface area contributed by atoms with Gasteiger partial charge in [0, 0.05) is 6.61 Å². The molecule has 0 radical (unpaired) electrons. The van der Waals surface area contributed by atoms with Crippen molar-refractivity contribution in [2.24, 2.45) is 0 Å². The van der Waals surface area contributed by atoms with Crippen molar-refractivity contribution >= 4 is 19.4 Å². The van der Waals surface area contributed by atoms with E-state index in [1.54, 1.807) is 0 Å². The third-order valence-corrected chi connectivity index (χ3v) is 4.44. The van der Waals surface area contributed by atoms with Crippen LogP contribution in [0.5, 0.6) is 0 Å². The maximum atomic E-state index is 5.83. The van der Waals surface area contributed by atoms with Crippen LogP contribution < -0.4 is 0 Å². The largest absolute Gasteiger partial charge is 0.405 e. The fourth-order valence-electron chi connectivity index (χ4n) is 0.352. The molecule has 3 heteroatoms. The lowest BCUT2D eigenvalue weighted by molar-refractivity contribution is 0.349. The van der Waals surface area contributed by atoms with Crippen LogP contribution in [0, 0.1) is 0 Å². The highest BCUT2D eigenvalue weighted by molar-refractivity contribution is 7.03. The van der Waals surface area contributed by atoms with Gasteiger partial charge < -0.3 is 4.43 Å². The summed E-state index contributed by atoms with van der Waals surface area (Å²) in [6, 6.07) is 0. The summed E-state index contributed by atoms with van der Waals surface area (Å²) in [5.74, 6) is 0. The van der Waals surface area contributed by atoms with Gasteiger partial charge in [-0.15, -0.1) is 11.1 Å². The zero-order valence-corrected chi connectivity index (χ0v) is 7.56. The molecule has 0 aromatic rings. The lowest BCUT2D eigenvalue weighted by atomic mass is 10.6. The first kappa shape index (κ1) is 8.47. The fraction of sp³-hybridized carbons (Fsp3) is 1.00. The van der Waals surface area contributed by atoms with Crippen LogP contribution in [0.1, 0.15) is 20.8 Å². The van der Waals surface area contributed by atoms with E-state index in [0.717, 1.165) is 6.61 Å². The van der Waals surface area contributed by atoms with Crippen LogP contribution in [0.15, 0.2) is 0 Å². The molecule has 0 saturated carbocycles. The van der Waals surface area contributed by atoms with Crippen molar-refractivity contribution in [3.63, 3.8) is 0 Å². The number of rotatable bonds is 3. The van der Waals surface area contributed by atoms with Gasteiger partial charge in [0.2, 0.25) is 0 Å². The molecule has 0 rings (SSSR count). The van der Waals surface area contributed by atoms with Gasteiger partial charge in [-0.3, -0.25) is 0 Å². The second-order valence-corrected chi connectivity index (χ2v) is 5.71. The molecule has 0 spiro atoms. The van der Waals surface area contributed by atoms with E-state index in [1.165, 1.54) is 0 Å². The van der Waals surface area contributed by atoms with E-state index in [-0.39, 0.29) is 0 Å². The van der Waals surface area contributed by atoms with Gasteiger partial charge in [0.05, 0.1) is 0 Å². The Bertz CT molecular complexity index is 58.4. The highest BCUT2D eigenvalue weighted by atomic mass is 35.6. The van der Waals surface area contributed by atoms with E-state index >= 15 is 0 Å². The Kier molecular flexibility index (Phi) is 4.61. The fourth-order valence-corrected chi connectivity index (χ4v) is 1.43. The number of hydrogen-bond donors (Lipinski definition) is 0. The summed E-state index contributed by atoms with van der Waals surface area (Å²) in [5, 5.41) is 0. The SMILES string of the molecule is CCO[SiH](Cl)C(C)C. The molecule has 0 N–H and O–H groups in total. The Balaban J connectivity index is 3.17. The molecular weight excluding hydrogens is 140 g/mol. The first-order chi connectivity index (χ1) is 3.68. The summed E-state index contributed by atoms with van der Waals surface area (Å²) < 4.78 is 5.21. The van der Waals surface area contributed by atoms with Gasteiger partial charge in [0.25, 0.3) is 8.35 Å². The first-order valence-electron chi connectivity index (χ1n) is 2.94. The lowest BCUT2D eigenvalue weighted by Gasteiger charge is -2.09. The van der Waals surface area contributed by atoms with Crippen LogP contribution in [-0.2, 0) is 4.43 Å². The van der Waals surface area contributed by atoms with Crippen LogP contribution >= 0.6 is 11.1 Å². The van der Waals surface area contributed by atoms with Crippen LogP contribution in [0.3, 0.4) is 0 Å². The average molecular weight is 153 g/mol. The standard InChI is InChI=1S/C5H13ClOSi/c1-4-7-8(6)5(2)3/h5,8H,4H2,1-3H3. The molecule has 0 saturated heterocycles. The van der Waals surface area contributed by atoms with Gasteiger partial charge in [-0.25, -0.2) is 0 Å². The molecular formula is C5H13ClOSi. The van der Waals surface area contributed by atoms with Gasteiger partial charge >= 0.3 is 0 Å². The summed E-state index contributed by atoms with van der Waals surface area (Å²) in [6.45, 7) is 6.93. The van der Waals surface area contributed by atoms with Crippen molar-refractivity contribution in [1.29, 1.82) is 0 Å². The maximum Gasteiger partial charge on any atom is 0.276 e. The van der Waals surface area contributed by atoms with E-state index in [9.17, 15) is 0 Å². The summed E-state index contributed by atoms with van der Waals surface area (Å²) in [7, 11) is -1.30. The molecule has 0 amide bonds. The normalized spacial score (nSPS) is 14.6. The Morgan fingerprint density at radius 1 is 1.62 bits per heavy atom. The van der Waals surface area contributed by atoms with Crippen molar-refractivity contribution in [3.05, 3.63) is 0 Å². The molecule has 0 heterocycles. The minimum absolute atomic E-state index is 0.552. The third kappa shape index (κ3) is 3.47. The molecule has 0 aromatic heterocycles. The lowest BCUT2D eigenvalue weighted by Crippen LogP contribution is -2.13. The van der Waals surface area contributed by atoms with Gasteiger partial charge in [0.1, 0.15) is 0 Å². The Morgan fingerprint density at radius 2 is 2.12 bits per heavy atom. The maximum absolute atomic E-state index is 5.83. The van der Waals surface area contributed by atoms with Crippen LogP contribution in [0.25, 0.3) is 0 Å².